The second kappa shape index (κ2) is 10.4. The predicted molar refractivity (Wildman–Crippen MR) is 101 cm³/mol. The molecule has 0 aromatic heterocycles. The van der Waals surface area contributed by atoms with Crippen LogP contribution in [-0.2, 0) is 9.53 Å². The topological polar surface area (TPSA) is 87.7 Å². The van der Waals surface area contributed by atoms with Crippen LogP contribution in [0, 0.1) is 5.92 Å². The Labute approximate surface area is 155 Å². The first-order valence-corrected chi connectivity index (χ1v) is 8.97. The van der Waals surface area contributed by atoms with Gasteiger partial charge in [-0.15, -0.1) is 0 Å². The van der Waals surface area contributed by atoms with Gasteiger partial charge in [0.05, 0.1) is 6.61 Å². The summed E-state index contributed by atoms with van der Waals surface area (Å²) in [6, 6.07) is 6.00. The first-order valence-electron chi connectivity index (χ1n) is 8.97. The summed E-state index contributed by atoms with van der Waals surface area (Å²) >= 11 is 0. The van der Waals surface area contributed by atoms with Crippen LogP contribution in [0.15, 0.2) is 24.3 Å². The average molecular weight is 363 g/mol. The summed E-state index contributed by atoms with van der Waals surface area (Å²) < 4.78 is 4.84. The summed E-state index contributed by atoms with van der Waals surface area (Å²) in [5.41, 5.74) is 1.12. The van der Waals surface area contributed by atoms with Gasteiger partial charge >= 0.3 is 6.09 Å². The molecule has 1 aromatic carbocycles. The number of ether oxygens (including phenoxy) is 1. The van der Waals surface area contributed by atoms with Gasteiger partial charge in [-0.2, -0.15) is 0 Å². The zero-order chi connectivity index (χ0) is 19.7. The molecule has 7 nitrogen and oxygen atoms in total. The van der Waals surface area contributed by atoms with E-state index in [0.29, 0.717) is 24.3 Å². The van der Waals surface area contributed by atoms with Crippen LogP contribution in [0.2, 0.25) is 0 Å². The Kier molecular flexibility index (Phi) is 8.61. The van der Waals surface area contributed by atoms with Gasteiger partial charge in [-0.1, -0.05) is 13.8 Å². The third kappa shape index (κ3) is 6.06. The van der Waals surface area contributed by atoms with Crippen molar-refractivity contribution >= 4 is 23.6 Å². The molecular formula is C19H29N3O4. The third-order valence-electron chi connectivity index (χ3n) is 3.95. The lowest BCUT2D eigenvalue weighted by atomic mass is 10.0. The van der Waals surface area contributed by atoms with Gasteiger partial charge in [-0.25, -0.2) is 4.79 Å². The van der Waals surface area contributed by atoms with E-state index >= 15 is 0 Å². The standard InChI is InChI=1S/C19H29N3O4/c1-6-22(7-2)18(24)14-9-11-15(12-10-14)20-17(23)16(13(4)5)21-19(25)26-8-3/h9-13,16H,6-8H2,1-5H3,(H,20,23)(H,21,25)/t16-/m1/s1. The molecule has 0 aliphatic heterocycles. The number of benzene rings is 1. The summed E-state index contributed by atoms with van der Waals surface area (Å²) in [4.78, 5) is 38.1. The highest BCUT2D eigenvalue weighted by Crippen LogP contribution is 2.13. The summed E-state index contributed by atoms with van der Waals surface area (Å²) in [5.74, 6) is -0.490. The third-order valence-corrected chi connectivity index (χ3v) is 3.95. The van der Waals surface area contributed by atoms with Crippen LogP contribution >= 0.6 is 0 Å². The summed E-state index contributed by atoms with van der Waals surface area (Å²) in [6.07, 6.45) is -0.624. The average Bonchev–Trinajstić information content (AvgIpc) is 2.61. The van der Waals surface area contributed by atoms with E-state index < -0.39 is 12.1 Å². The molecule has 0 unspecified atom stereocenters. The van der Waals surface area contributed by atoms with Gasteiger partial charge in [0, 0.05) is 24.3 Å². The maximum Gasteiger partial charge on any atom is 0.407 e. The molecule has 2 N–H and O–H groups in total. The molecule has 0 saturated heterocycles. The van der Waals surface area contributed by atoms with Crippen molar-refractivity contribution in [3.05, 3.63) is 29.8 Å². The van der Waals surface area contributed by atoms with Gasteiger partial charge in [-0.05, 0) is 51.0 Å². The first kappa shape index (κ1) is 21.5. The number of amides is 3. The molecule has 3 amide bonds. The maximum atomic E-state index is 12.5. The number of nitrogens with zero attached hydrogens (tertiary/aromatic N) is 1. The molecule has 0 saturated carbocycles. The minimum absolute atomic E-state index is 0.0445. The zero-order valence-corrected chi connectivity index (χ0v) is 16.2. The van der Waals surface area contributed by atoms with Crippen molar-refractivity contribution in [2.24, 2.45) is 5.92 Å². The second-order valence-corrected chi connectivity index (χ2v) is 6.13. The van der Waals surface area contributed by atoms with Gasteiger partial charge in [0.2, 0.25) is 5.91 Å². The van der Waals surface area contributed by atoms with E-state index in [0.717, 1.165) is 0 Å². The van der Waals surface area contributed by atoms with Crippen molar-refractivity contribution in [3.8, 4) is 0 Å². The number of hydrogen-bond acceptors (Lipinski definition) is 4. The molecule has 0 aliphatic rings. The fourth-order valence-electron chi connectivity index (χ4n) is 2.44. The fraction of sp³-hybridized carbons (Fsp3) is 0.526. The zero-order valence-electron chi connectivity index (χ0n) is 16.2. The van der Waals surface area contributed by atoms with Crippen molar-refractivity contribution in [1.29, 1.82) is 0 Å². The number of anilines is 1. The highest BCUT2D eigenvalue weighted by atomic mass is 16.5. The Balaban J connectivity index is 2.79. The number of carbonyl (C=O) groups excluding carboxylic acids is 3. The number of alkyl carbamates (subject to hydrolysis) is 1. The van der Waals surface area contributed by atoms with Gasteiger partial charge in [0.1, 0.15) is 6.04 Å². The lowest BCUT2D eigenvalue weighted by molar-refractivity contribution is -0.119. The van der Waals surface area contributed by atoms with Crippen LogP contribution in [0.4, 0.5) is 10.5 Å². The fourth-order valence-corrected chi connectivity index (χ4v) is 2.44. The molecule has 0 fully saturated rings. The van der Waals surface area contributed by atoms with Crippen molar-refractivity contribution in [3.63, 3.8) is 0 Å². The van der Waals surface area contributed by atoms with E-state index in [1.54, 1.807) is 36.1 Å². The van der Waals surface area contributed by atoms with Crippen molar-refractivity contribution in [1.82, 2.24) is 10.2 Å². The largest absolute Gasteiger partial charge is 0.450 e. The molecule has 1 rings (SSSR count). The molecular weight excluding hydrogens is 334 g/mol. The van der Waals surface area contributed by atoms with Gasteiger partial charge < -0.3 is 20.3 Å². The minimum Gasteiger partial charge on any atom is -0.450 e. The van der Waals surface area contributed by atoms with Crippen LogP contribution < -0.4 is 10.6 Å². The molecule has 26 heavy (non-hydrogen) atoms. The maximum absolute atomic E-state index is 12.5. The van der Waals surface area contributed by atoms with E-state index in [1.165, 1.54) is 0 Å². The highest BCUT2D eigenvalue weighted by molar-refractivity contribution is 5.98. The predicted octanol–water partition coefficient (Wildman–Crippen LogP) is 2.88. The van der Waals surface area contributed by atoms with Gasteiger partial charge in [0.15, 0.2) is 0 Å². The number of rotatable bonds is 8. The SMILES string of the molecule is CCOC(=O)N[C@@H](C(=O)Nc1ccc(C(=O)N(CC)CC)cc1)C(C)C. The Morgan fingerprint density at radius 3 is 2.08 bits per heavy atom. The molecule has 144 valence electrons. The molecule has 7 heteroatoms. The normalized spacial score (nSPS) is 11.6. The molecule has 1 aromatic rings. The molecule has 0 bridgehead atoms. The van der Waals surface area contributed by atoms with E-state index in [1.807, 2.05) is 27.7 Å². The van der Waals surface area contributed by atoms with Crippen LogP contribution in [0.1, 0.15) is 45.0 Å². The Morgan fingerprint density at radius 1 is 1.04 bits per heavy atom. The number of carbonyl (C=O) groups is 3. The van der Waals surface area contributed by atoms with E-state index in [9.17, 15) is 14.4 Å². The smallest absolute Gasteiger partial charge is 0.407 e. The molecule has 0 radical (unpaired) electrons. The van der Waals surface area contributed by atoms with Gasteiger partial charge in [-0.3, -0.25) is 9.59 Å². The van der Waals surface area contributed by atoms with E-state index in [4.69, 9.17) is 4.74 Å². The Bertz CT molecular complexity index is 610. The Morgan fingerprint density at radius 2 is 1.62 bits per heavy atom. The summed E-state index contributed by atoms with van der Waals surface area (Å²) in [6.45, 7) is 10.8. The van der Waals surface area contributed by atoms with Crippen LogP contribution in [0.25, 0.3) is 0 Å². The van der Waals surface area contributed by atoms with Crippen LogP contribution in [-0.4, -0.2) is 48.5 Å². The molecule has 0 spiro atoms. The Hall–Kier alpha value is -2.57. The lowest BCUT2D eigenvalue weighted by Gasteiger charge is -2.21. The van der Waals surface area contributed by atoms with Crippen LogP contribution in [0.3, 0.4) is 0 Å². The van der Waals surface area contributed by atoms with Crippen molar-refractivity contribution < 1.29 is 19.1 Å². The quantitative estimate of drug-likeness (QED) is 0.743. The van der Waals surface area contributed by atoms with E-state index in [2.05, 4.69) is 10.6 Å². The minimum atomic E-state index is -0.717. The molecule has 0 heterocycles. The number of hydrogen-bond donors (Lipinski definition) is 2. The number of nitrogens with one attached hydrogen (secondary N) is 2. The van der Waals surface area contributed by atoms with Crippen molar-refractivity contribution in [2.45, 2.75) is 40.7 Å². The molecule has 1 atom stereocenters. The first-order chi connectivity index (χ1) is 12.3. The summed E-state index contributed by atoms with van der Waals surface area (Å²) in [7, 11) is 0. The summed E-state index contributed by atoms with van der Waals surface area (Å²) in [5, 5.41) is 5.32. The van der Waals surface area contributed by atoms with Crippen LogP contribution in [0.5, 0.6) is 0 Å². The van der Waals surface area contributed by atoms with Crippen molar-refractivity contribution in [2.75, 3.05) is 25.0 Å². The lowest BCUT2D eigenvalue weighted by Crippen LogP contribution is -2.47. The van der Waals surface area contributed by atoms with Gasteiger partial charge in [0.25, 0.3) is 5.91 Å². The van der Waals surface area contributed by atoms with E-state index in [-0.39, 0.29) is 24.3 Å². The monoisotopic (exact) mass is 363 g/mol. The molecule has 0 aliphatic carbocycles. The second-order valence-electron chi connectivity index (χ2n) is 6.13. The highest BCUT2D eigenvalue weighted by Gasteiger charge is 2.25.